The number of carbonyl (C=O) groups excluding carboxylic acids is 1. The minimum absolute atomic E-state index is 0.115. The van der Waals surface area contributed by atoms with Crippen molar-refractivity contribution in [3.63, 3.8) is 0 Å². The van der Waals surface area contributed by atoms with Gasteiger partial charge < -0.3 is 15.3 Å². The molecule has 21 heavy (non-hydrogen) atoms. The average Bonchev–Trinajstić information content (AvgIpc) is 2.53. The van der Waals surface area contributed by atoms with E-state index in [2.05, 4.69) is 10.2 Å². The lowest BCUT2D eigenvalue weighted by Gasteiger charge is -2.32. The molecule has 0 aliphatic carbocycles. The first-order valence-corrected chi connectivity index (χ1v) is 7.08. The number of nitrogens with one attached hydrogen (secondary N) is 1. The lowest BCUT2D eigenvalue weighted by Crippen LogP contribution is -2.39. The van der Waals surface area contributed by atoms with E-state index in [0.717, 1.165) is 43.3 Å². The van der Waals surface area contributed by atoms with E-state index in [1.807, 2.05) is 24.3 Å². The van der Waals surface area contributed by atoms with Crippen LogP contribution >= 0.6 is 0 Å². The molecule has 1 aliphatic heterocycles. The summed E-state index contributed by atoms with van der Waals surface area (Å²) in [6.07, 6.45) is 4.43. The lowest BCUT2D eigenvalue weighted by molar-refractivity contribution is -0.131. The predicted octanol–water partition coefficient (Wildman–Crippen LogP) is 1.75. The number of aliphatic carboxylic acids is 1. The number of hydrogen-bond acceptors (Lipinski definition) is 3. The van der Waals surface area contributed by atoms with Crippen molar-refractivity contribution in [3.05, 3.63) is 35.9 Å². The van der Waals surface area contributed by atoms with Gasteiger partial charge in [0.2, 0.25) is 5.91 Å². The summed E-state index contributed by atoms with van der Waals surface area (Å²) in [7, 11) is 1.68. The quantitative estimate of drug-likeness (QED) is 0.828. The summed E-state index contributed by atoms with van der Waals surface area (Å²) in [6.45, 7) is 1.73. The fraction of sp³-hybridized carbons (Fsp3) is 0.375. The van der Waals surface area contributed by atoms with Gasteiger partial charge in [0.1, 0.15) is 0 Å². The molecular weight excluding hydrogens is 268 g/mol. The Labute approximate surface area is 124 Å². The molecule has 0 bridgehead atoms. The van der Waals surface area contributed by atoms with Crippen LogP contribution in [0.1, 0.15) is 18.4 Å². The predicted molar refractivity (Wildman–Crippen MR) is 82.1 cm³/mol. The van der Waals surface area contributed by atoms with Crippen LogP contribution in [0.5, 0.6) is 0 Å². The van der Waals surface area contributed by atoms with E-state index < -0.39 is 5.97 Å². The Bertz CT molecular complexity index is 529. The van der Waals surface area contributed by atoms with E-state index in [1.165, 1.54) is 0 Å². The van der Waals surface area contributed by atoms with Crippen LogP contribution in [0.15, 0.2) is 30.3 Å². The van der Waals surface area contributed by atoms with E-state index in [1.54, 1.807) is 13.1 Å². The first kappa shape index (κ1) is 15.1. The molecule has 1 heterocycles. The van der Waals surface area contributed by atoms with Crippen molar-refractivity contribution in [2.75, 3.05) is 25.0 Å². The SMILES string of the molecule is CNC(=O)C1CCN(c2ccc(C=CC(=O)O)cc2)CC1. The number of carbonyl (C=O) groups is 2. The van der Waals surface area contributed by atoms with Gasteiger partial charge in [-0.25, -0.2) is 4.79 Å². The molecular formula is C16H20N2O3. The van der Waals surface area contributed by atoms with Crippen molar-refractivity contribution < 1.29 is 14.7 Å². The summed E-state index contributed by atoms with van der Waals surface area (Å²) in [5.74, 6) is -0.705. The fourth-order valence-corrected chi connectivity index (χ4v) is 2.57. The lowest BCUT2D eigenvalue weighted by atomic mass is 9.95. The Hall–Kier alpha value is -2.30. The Morgan fingerprint density at radius 3 is 2.38 bits per heavy atom. The molecule has 0 unspecified atom stereocenters. The Morgan fingerprint density at radius 2 is 1.86 bits per heavy atom. The molecule has 0 radical (unpaired) electrons. The molecule has 5 heteroatoms. The third-order valence-corrected chi connectivity index (χ3v) is 3.79. The van der Waals surface area contributed by atoms with E-state index in [9.17, 15) is 9.59 Å². The fourth-order valence-electron chi connectivity index (χ4n) is 2.57. The Kier molecular flexibility index (Phi) is 4.98. The van der Waals surface area contributed by atoms with Crippen LogP contribution in [-0.2, 0) is 9.59 Å². The van der Waals surface area contributed by atoms with Crippen LogP contribution in [0.25, 0.3) is 6.08 Å². The minimum atomic E-state index is -0.949. The minimum Gasteiger partial charge on any atom is -0.478 e. The zero-order chi connectivity index (χ0) is 15.2. The van der Waals surface area contributed by atoms with Gasteiger partial charge in [-0.15, -0.1) is 0 Å². The molecule has 1 saturated heterocycles. The molecule has 1 aromatic rings. The third-order valence-electron chi connectivity index (χ3n) is 3.79. The van der Waals surface area contributed by atoms with E-state index in [-0.39, 0.29) is 11.8 Å². The molecule has 112 valence electrons. The normalized spacial score (nSPS) is 16.1. The molecule has 5 nitrogen and oxygen atoms in total. The van der Waals surface area contributed by atoms with E-state index >= 15 is 0 Å². The van der Waals surface area contributed by atoms with Crippen molar-refractivity contribution in [2.45, 2.75) is 12.8 Å². The van der Waals surface area contributed by atoms with Crippen LogP contribution in [0.4, 0.5) is 5.69 Å². The van der Waals surface area contributed by atoms with E-state index in [4.69, 9.17) is 5.11 Å². The second-order valence-corrected chi connectivity index (χ2v) is 5.14. The number of hydrogen-bond donors (Lipinski definition) is 2. The van der Waals surface area contributed by atoms with Crippen LogP contribution < -0.4 is 10.2 Å². The van der Waals surface area contributed by atoms with Crippen molar-refractivity contribution in [2.24, 2.45) is 5.92 Å². The average molecular weight is 288 g/mol. The smallest absolute Gasteiger partial charge is 0.328 e. The molecule has 1 amide bonds. The monoisotopic (exact) mass is 288 g/mol. The standard InChI is InChI=1S/C16H20N2O3/c1-17-16(21)13-8-10-18(11-9-13)14-5-2-12(3-6-14)4-7-15(19)20/h2-7,13H,8-11H2,1H3,(H,17,21)(H,19,20). The molecule has 1 aromatic carbocycles. The summed E-state index contributed by atoms with van der Waals surface area (Å²) < 4.78 is 0. The molecule has 0 atom stereocenters. The first-order chi connectivity index (χ1) is 10.1. The molecule has 0 aromatic heterocycles. The summed E-state index contributed by atoms with van der Waals surface area (Å²) in [5.41, 5.74) is 1.97. The van der Waals surface area contributed by atoms with Gasteiger partial charge in [0, 0.05) is 37.8 Å². The Morgan fingerprint density at radius 1 is 1.24 bits per heavy atom. The highest BCUT2D eigenvalue weighted by atomic mass is 16.4. The van der Waals surface area contributed by atoms with Crippen molar-refractivity contribution in [1.82, 2.24) is 5.32 Å². The molecule has 0 spiro atoms. The molecule has 1 fully saturated rings. The molecule has 0 saturated carbocycles. The van der Waals surface area contributed by atoms with Crippen molar-refractivity contribution in [3.8, 4) is 0 Å². The number of rotatable bonds is 4. The number of piperidine rings is 1. The molecule has 2 rings (SSSR count). The number of nitrogens with zero attached hydrogens (tertiary/aromatic N) is 1. The second kappa shape index (κ2) is 6.92. The van der Waals surface area contributed by atoms with Gasteiger partial charge in [0.05, 0.1) is 0 Å². The number of amides is 1. The topological polar surface area (TPSA) is 69.6 Å². The van der Waals surface area contributed by atoms with Gasteiger partial charge in [0.25, 0.3) is 0 Å². The zero-order valence-electron chi connectivity index (χ0n) is 12.1. The van der Waals surface area contributed by atoms with Gasteiger partial charge in [-0.2, -0.15) is 0 Å². The van der Waals surface area contributed by atoms with Gasteiger partial charge in [-0.3, -0.25) is 4.79 Å². The van der Waals surface area contributed by atoms with Crippen LogP contribution in [0, 0.1) is 5.92 Å². The summed E-state index contributed by atoms with van der Waals surface area (Å²) in [4.78, 5) is 24.3. The number of carboxylic acids is 1. The summed E-state index contributed by atoms with van der Waals surface area (Å²) in [6, 6.07) is 7.78. The van der Waals surface area contributed by atoms with Crippen molar-refractivity contribution >= 4 is 23.6 Å². The maximum absolute atomic E-state index is 11.6. The highest BCUT2D eigenvalue weighted by Crippen LogP contribution is 2.23. The van der Waals surface area contributed by atoms with Gasteiger partial charge in [-0.05, 0) is 36.6 Å². The van der Waals surface area contributed by atoms with E-state index in [0.29, 0.717) is 0 Å². The van der Waals surface area contributed by atoms with Gasteiger partial charge in [-0.1, -0.05) is 12.1 Å². The van der Waals surface area contributed by atoms with Gasteiger partial charge in [0.15, 0.2) is 0 Å². The van der Waals surface area contributed by atoms with Crippen LogP contribution in [-0.4, -0.2) is 37.1 Å². The summed E-state index contributed by atoms with van der Waals surface area (Å²) in [5, 5.41) is 11.3. The number of benzene rings is 1. The second-order valence-electron chi connectivity index (χ2n) is 5.14. The van der Waals surface area contributed by atoms with Crippen LogP contribution in [0.2, 0.25) is 0 Å². The third kappa shape index (κ3) is 4.08. The molecule has 2 N–H and O–H groups in total. The maximum Gasteiger partial charge on any atom is 0.328 e. The van der Waals surface area contributed by atoms with Crippen LogP contribution in [0.3, 0.4) is 0 Å². The Balaban J connectivity index is 1.95. The molecule has 1 aliphatic rings. The number of anilines is 1. The highest BCUT2D eigenvalue weighted by molar-refractivity contribution is 5.85. The first-order valence-electron chi connectivity index (χ1n) is 7.08. The number of carboxylic acid groups (broad SMARTS) is 1. The van der Waals surface area contributed by atoms with Crippen molar-refractivity contribution in [1.29, 1.82) is 0 Å². The zero-order valence-corrected chi connectivity index (χ0v) is 12.1. The largest absolute Gasteiger partial charge is 0.478 e. The summed E-state index contributed by atoms with van der Waals surface area (Å²) >= 11 is 0. The highest BCUT2D eigenvalue weighted by Gasteiger charge is 2.24. The maximum atomic E-state index is 11.6. The van der Waals surface area contributed by atoms with Gasteiger partial charge >= 0.3 is 5.97 Å².